The molecule has 0 unspecified atom stereocenters. The van der Waals surface area contributed by atoms with Crippen molar-refractivity contribution in [3.63, 3.8) is 0 Å². The van der Waals surface area contributed by atoms with Crippen molar-refractivity contribution in [3.8, 4) is 11.5 Å². The lowest BCUT2D eigenvalue weighted by Crippen LogP contribution is -2.43. The SMILES string of the molecule is Cc1cccc(C)c1NC(=O)COc1ccccc1OCC(=O)N1CCOCC1. The molecule has 154 valence electrons. The van der Waals surface area contributed by atoms with Gasteiger partial charge in [0.05, 0.1) is 13.2 Å². The number of carbonyl (C=O) groups excluding carboxylic acids is 2. The van der Waals surface area contributed by atoms with E-state index in [1.807, 2.05) is 32.0 Å². The molecule has 0 saturated carbocycles. The van der Waals surface area contributed by atoms with Crippen LogP contribution >= 0.6 is 0 Å². The monoisotopic (exact) mass is 398 g/mol. The van der Waals surface area contributed by atoms with Crippen molar-refractivity contribution in [2.75, 3.05) is 44.8 Å². The lowest BCUT2D eigenvalue weighted by molar-refractivity contribution is -0.137. The van der Waals surface area contributed by atoms with E-state index in [4.69, 9.17) is 14.2 Å². The first-order valence-electron chi connectivity index (χ1n) is 9.61. The van der Waals surface area contributed by atoms with Crippen molar-refractivity contribution in [1.29, 1.82) is 0 Å². The summed E-state index contributed by atoms with van der Waals surface area (Å²) in [7, 11) is 0. The van der Waals surface area contributed by atoms with Crippen LogP contribution in [0.15, 0.2) is 42.5 Å². The number of hydrogen-bond acceptors (Lipinski definition) is 5. The third-order valence-corrected chi connectivity index (χ3v) is 4.67. The van der Waals surface area contributed by atoms with E-state index in [-0.39, 0.29) is 25.0 Å². The zero-order chi connectivity index (χ0) is 20.6. The molecule has 7 nitrogen and oxygen atoms in total. The Hall–Kier alpha value is -3.06. The summed E-state index contributed by atoms with van der Waals surface area (Å²) in [6, 6.07) is 12.8. The molecule has 0 aliphatic carbocycles. The Morgan fingerprint density at radius 2 is 1.52 bits per heavy atom. The molecular weight excluding hydrogens is 372 g/mol. The van der Waals surface area contributed by atoms with Crippen LogP contribution < -0.4 is 14.8 Å². The molecule has 0 aromatic heterocycles. The maximum atomic E-state index is 12.3. The Balaban J connectivity index is 1.54. The number of anilines is 1. The average molecular weight is 398 g/mol. The predicted octanol–water partition coefficient (Wildman–Crippen LogP) is 2.56. The molecule has 1 aliphatic heterocycles. The van der Waals surface area contributed by atoms with E-state index >= 15 is 0 Å². The third-order valence-electron chi connectivity index (χ3n) is 4.67. The van der Waals surface area contributed by atoms with E-state index in [9.17, 15) is 9.59 Å². The Kier molecular flexibility index (Phi) is 7.08. The van der Waals surface area contributed by atoms with Crippen LogP contribution in [0.1, 0.15) is 11.1 Å². The molecule has 1 fully saturated rings. The number of nitrogens with zero attached hydrogens (tertiary/aromatic N) is 1. The number of para-hydroxylation sites is 3. The molecule has 0 atom stereocenters. The number of ether oxygens (including phenoxy) is 3. The lowest BCUT2D eigenvalue weighted by Gasteiger charge is -2.26. The summed E-state index contributed by atoms with van der Waals surface area (Å²) in [5.41, 5.74) is 2.77. The number of carbonyl (C=O) groups is 2. The first-order chi connectivity index (χ1) is 14.0. The molecule has 1 heterocycles. The Morgan fingerprint density at radius 1 is 0.931 bits per heavy atom. The summed E-state index contributed by atoms with van der Waals surface area (Å²) in [6.45, 7) is 5.86. The van der Waals surface area contributed by atoms with Crippen molar-refractivity contribution in [2.45, 2.75) is 13.8 Å². The molecule has 2 aromatic rings. The first-order valence-corrected chi connectivity index (χ1v) is 9.61. The van der Waals surface area contributed by atoms with Crippen LogP contribution in [0.4, 0.5) is 5.69 Å². The number of benzene rings is 2. The van der Waals surface area contributed by atoms with Gasteiger partial charge in [0, 0.05) is 18.8 Å². The zero-order valence-electron chi connectivity index (χ0n) is 16.8. The fraction of sp³-hybridized carbons (Fsp3) is 0.364. The molecule has 2 aromatic carbocycles. The summed E-state index contributed by atoms with van der Waals surface area (Å²) < 4.78 is 16.5. The maximum absolute atomic E-state index is 12.3. The molecule has 0 radical (unpaired) electrons. The largest absolute Gasteiger partial charge is 0.480 e. The van der Waals surface area contributed by atoms with Crippen LogP contribution in [-0.2, 0) is 14.3 Å². The summed E-state index contributed by atoms with van der Waals surface area (Å²) in [6.07, 6.45) is 0. The van der Waals surface area contributed by atoms with Crippen LogP contribution in [0.3, 0.4) is 0 Å². The number of amides is 2. The van der Waals surface area contributed by atoms with Gasteiger partial charge < -0.3 is 24.4 Å². The highest BCUT2D eigenvalue weighted by atomic mass is 16.5. The summed E-state index contributed by atoms with van der Waals surface area (Å²) in [4.78, 5) is 26.3. The lowest BCUT2D eigenvalue weighted by atomic mass is 10.1. The van der Waals surface area contributed by atoms with Crippen LogP contribution in [-0.4, -0.2) is 56.2 Å². The molecule has 3 rings (SSSR count). The van der Waals surface area contributed by atoms with E-state index < -0.39 is 0 Å². The van der Waals surface area contributed by atoms with Gasteiger partial charge in [0.1, 0.15) is 0 Å². The van der Waals surface area contributed by atoms with Crippen LogP contribution in [0.2, 0.25) is 0 Å². The second-order valence-electron chi connectivity index (χ2n) is 6.83. The minimum Gasteiger partial charge on any atom is -0.480 e. The molecule has 1 aliphatic rings. The number of morpholine rings is 1. The predicted molar refractivity (Wildman–Crippen MR) is 109 cm³/mol. The summed E-state index contributed by atoms with van der Waals surface area (Å²) in [5, 5.41) is 2.88. The molecule has 2 amide bonds. The van der Waals surface area contributed by atoms with Crippen LogP contribution in [0.5, 0.6) is 11.5 Å². The topological polar surface area (TPSA) is 77.1 Å². The van der Waals surface area contributed by atoms with Gasteiger partial charge in [0.15, 0.2) is 24.7 Å². The van der Waals surface area contributed by atoms with Gasteiger partial charge in [0.25, 0.3) is 11.8 Å². The number of rotatable bonds is 7. The van der Waals surface area contributed by atoms with E-state index in [1.165, 1.54) is 0 Å². The fourth-order valence-electron chi connectivity index (χ4n) is 3.06. The first kappa shape index (κ1) is 20.7. The van der Waals surface area contributed by atoms with Crippen molar-refractivity contribution in [1.82, 2.24) is 4.90 Å². The highest BCUT2D eigenvalue weighted by molar-refractivity contribution is 5.93. The van der Waals surface area contributed by atoms with Crippen LogP contribution in [0.25, 0.3) is 0 Å². The maximum Gasteiger partial charge on any atom is 0.262 e. The van der Waals surface area contributed by atoms with Gasteiger partial charge >= 0.3 is 0 Å². The highest BCUT2D eigenvalue weighted by Crippen LogP contribution is 2.26. The van der Waals surface area contributed by atoms with Gasteiger partial charge in [0.2, 0.25) is 0 Å². The van der Waals surface area contributed by atoms with Crippen molar-refractivity contribution in [3.05, 3.63) is 53.6 Å². The molecule has 0 bridgehead atoms. The Labute approximate surface area is 170 Å². The second-order valence-corrected chi connectivity index (χ2v) is 6.83. The smallest absolute Gasteiger partial charge is 0.262 e. The van der Waals surface area contributed by atoms with E-state index in [2.05, 4.69) is 5.32 Å². The van der Waals surface area contributed by atoms with E-state index in [1.54, 1.807) is 29.2 Å². The molecule has 1 saturated heterocycles. The third kappa shape index (κ3) is 5.71. The minimum atomic E-state index is -0.262. The van der Waals surface area contributed by atoms with Gasteiger partial charge in [-0.05, 0) is 37.1 Å². The minimum absolute atomic E-state index is 0.0883. The zero-order valence-corrected chi connectivity index (χ0v) is 16.8. The summed E-state index contributed by atoms with van der Waals surface area (Å²) in [5.74, 6) is 0.477. The fourth-order valence-corrected chi connectivity index (χ4v) is 3.06. The van der Waals surface area contributed by atoms with Gasteiger partial charge in [-0.2, -0.15) is 0 Å². The van der Waals surface area contributed by atoms with Crippen molar-refractivity contribution >= 4 is 17.5 Å². The van der Waals surface area contributed by atoms with Gasteiger partial charge in [-0.3, -0.25) is 9.59 Å². The second kappa shape index (κ2) is 9.93. The number of nitrogens with one attached hydrogen (secondary N) is 1. The highest BCUT2D eigenvalue weighted by Gasteiger charge is 2.18. The quantitative estimate of drug-likeness (QED) is 0.776. The van der Waals surface area contributed by atoms with E-state index in [0.29, 0.717) is 37.8 Å². The Morgan fingerprint density at radius 3 is 2.14 bits per heavy atom. The van der Waals surface area contributed by atoms with E-state index in [0.717, 1.165) is 16.8 Å². The van der Waals surface area contributed by atoms with Crippen molar-refractivity contribution in [2.24, 2.45) is 0 Å². The summed E-state index contributed by atoms with van der Waals surface area (Å²) >= 11 is 0. The van der Waals surface area contributed by atoms with Gasteiger partial charge in [-0.1, -0.05) is 30.3 Å². The molecule has 7 heteroatoms. The normalized spacial score (nSPS) is 13.7. The molecule has 0 spiro atoms. The van der Waals surface area contributed by atoms with Crippen LogP contribution in [0, 0.1) is 13.8 Å². The average Bonchev–Trinajstić information content (AvgIpc) is 2.74. The Bertz CT molecular complexity index is 842. The standard InChI is InChI=1S/C22H26N2O5/c1-16-6-5-7-17(2)22(16)23-20(25)14-28-18-8-3-4-9-19(18)29-15-21(26)24-10-12-27-13-11-24/h3-9H,10-15H2,1-2H3,(H,23,25). The van der Waals surface area contributed by atoms with Crippen molar-refractivity contribution < 1.29 is 23.8 Å². The van der Waals surface area contributed by atoms with Gasteiger partial charge in [-0.25, -0.2) is 0 Å². The van der Waals surface area contributed by atoms with Gasteiger partial charge in [-0.15, -0.1) is 0 Å². The molecule has 29 heavy (non-hydrogen) atoms. The number of hydrogen-bond donors (Lipinski definition) is 1. The molecular formula is C22H26N2O5. The molecule has 1 N–H and O–H groups in total. The number of aryl methyl sites for hydroxylation is 2.